The molecule has 4 heteroatoms. The fourth-order valence-electron chi connectivity index (χ4n) is 1.67. The lowest BCUT2D eigenvalue weighted by Crippen LogP contribution is -2.30. The van der Waals surface area contributed by atoms with Gasteiger partial charge in [-0.25, -0.2) is 0 Å². The van der Waals surface area contributed by atoms with Gasteiger partial charge in [0.05, 0.1) is 18.4 Å². The van der Waals surface area contributed by atoms with Crippen LogP contribution in [0.5, 0.6) is 0 Å². The second kappa shape index (κ2) is 5.88. The number of aliphatic hydroxyl groups is 1. The third kappa shape index (κ3) is 3.64. The van der Waals surface area contributed by atoms with Crippen molar-refractivity contribution in [3.63, 3.8) is 0 Å². The molecule has 0 radical (unpaired) electrons. The Kier molecular flexibility index (Phi) is 4.78. The molecule has 1 rings (SSSR count). The van der Waals surface area contributed by atoms with Crippen LogP contribution < -0.4 is 0 Å². The fraction of sp³-hybridized carbons (Fsp3) is 0.727. The molecule has 1 aromatic heterocycles. The van der Waals surface area contributed by atoms with Gasteiger partial charge < -0.3 is 9.84 Å². The quantitative estimate of drug-likeness (QED) is 0.769. The Labute approximate surface area is 90.9 Å². The molecular formula is C11H20N2O2. The molecule has 15 heavy (non-hydrogen) atoms. The molecule has 1 N–H and O–H groups in total. The Hall–Kier alpha value is -0.870. The molecule has 0 amide bonds. The van der Waals surface area contributed by atoms with Crippen LogP contribution in [-0.4, -0.2) is 33.7 Å². The molecular weight excluding hydrogens is 192 g/mol. The molecule has 1 heterocycles. The SMILES string of the molecule is CCOC(CC)C(O)Cc1cnn(C)c1. The highest BCUT2D eigenvalue weighted by molar-refractivity contribution is 5.05. The van der Waals surface area contributed by atoms with E-state index in [1.54, 1.807) is 10.9 Å². The maximum Gasteiger partial charge on any atom is 0.0843 e. The highest BCUT2D eigenvalue weighted by atomic mass is 16.5. The zero-order chi connectivity index (χ0) is 11.3. The maximum atomic E-state index is 9.94. The van der Waals surface area contributed by atoms with Crippen molar-refractivity contribution in [3.05, 3.63) is 18.0 Å². The normalized spacial score (nSPS) is 15.2. The fourth-order valence-corrected chi connectivity index (χ4v) is 1.67. The summed E-state index contributed by atoms with van der Waals surface area (Å²) in [7, 11) is 1.87. The summed E-state index contributed by atoms with van der Waals surface area (Å²) in [5.41, 5.74) is 1.04. The molecule has 0 saturated carbocycles. The second-order valence-electron chi connectivity index (χ2n) is 3.70. The van der Waals surface area contributed by atoms with Gasteiger partial charge in [0, 0.05) is 26.3 Å². The maximum absolute atomic E-state index is 9.94. The van der Waals surface area contributed by atoms with Gasteiger partial charge in [0.2, 0.25) is 0 Å². The van der Waals surface area contributed by atoms with Crippen molar-refractivity contribution in [2.45, 2.75) is 38.9 Å². The van der Waals surface area contributed by atoms with Crippen LogP contribution in [0.15, 0.2) is 12.4 Å². The molecule has 0 aliphatic rings. The lowest BCUT2D eigenvalue weighted by molar-refractivity contribution is -0.0334. The van der Waals surface area contributed by atoms with E-state index in [4.69, 9.17) is 4.74 Å². The largest absolute Gasteiger partial charge is 0.390 e. The zero-order valence-electron chi connectivity index (χ0n) is 9.68. The van der Waals surface area contributed by atoms with Crippen molar-refractivity contribution < 1.29 is 9.84 Å². The van der Waals surface area contributed by atoms with Crippen LogP contribution in [0.1, 0.15) is 25.8 Å². The summed E-state index contributed by atoms with van der Waals surface area (Å²) >= 11 is 0. The minimum atomic E-state index is -0.445. The lowest BCUT2D eigenvalue weighted by atomic mass is 10.0. The Balaban J connectivity index is 2.49. The summed E-state index contributed by atoms with van der Waals surface area (Å²) < 4.78 is 7.19. The molecule has 0 fully saturated rings. The van der Waals surface area contributed by atoms with Crippen molar-refractivity contribution in [2.75, 3.05) is 6.61 Å². The molecule has 0 aromatic carbocycles. The molecule has 2 atom stereocenters. The first kappa shape index (κ1) is 12.2. The van der Waals surface area contributed by atoms with Crippen LogP contribution in [0, 0.1) is 0 Å². The van der Waals surface area contributed by atoms with Gasteiger partial charge in [-0.05, 0) is 18.9 Å². The third-order valence-corrected chi connectivity index (χ3v) is 2.42. The van der Waals surface area contributed by atoms with E-state index >= 15 is 0 Å². The van der Waals surface area contributed by atoms with Gasteiger partial charge in [0.15, 0.2) is 0 Å². The first-order chi connectivity index (χ1) is 7.17. The van der Waals surface area contributed by atoms with E-state index in [0.717, 1.165) is 12.0 Å². The summed E-state index contributed by atoms with van der Waals surface area (Å²) in [6.07, 6.45) is 4.61. The minimum absolute atomic E-state index is 0.0739. The average molecular weight is 212 g/mol. The molecule has 0 aliphatic heterocycles. The van der Waals surface area contributed by atoms with Gasteiger partial charge in [-0.3, -0.25) is 4.68 Å². The van der Waals surface area contributed by atoms with Crippen LogP contribution in [-0.2, 0) is 18.2 Å². The van der Waals surface area contributed by atoms with Crippen molar-refractivity contribution in [1.82, 2.24) is 9.78 Å². The molecule has 1 aromatic rings. The molecule has 0 aliphatic carbocycles. The number of hydrogen-bond acceptors (Lipinski definition) is 3. The third-order valence-electron chi connectivity index (χ3n) is 2.42. The highest BCUT2D eigenvalue weighted by Gasteiger charge is 2.18. The van der Waals surface area contributed by atoms with Crippen molar-refractivity contribution >= 4 is 0 Å². The van der Waals surface area contributed by atoms with Gasteiger partial charge >= 0.3 is 0 Å². The molecule has 86 valence electrons. The summed E-state index contributed by atoms with van der Waals surface area (Å²) in [4.78, 5) is 0. The van der Waals surface area contributed by atoms with Crippen LogP contribution in [0.3, 0.4) is 0 Å². The van der Waals surface area contributed by atoms with Gasteiger partial charge in [0.25, 0.3) is 0 Å². The summed E-state index contributed by atoms with van der Waals surface area (Å²) in [5, 5.41) is 14.0. The Morgan fingerprint density at radius 3 is 2.73 bits per heavy atom. The van der Waals surface area contributed by atoms with Crippen LogP contribution in [0.2, 0.25) is 0 Å². The first-order valence-corrected chi connectivity index (χ1v) is 5.44. The van der Waals surface area contributed by atoms with E-state index in [2.05, 4.69) is 5.10 Å². The first-order valence-electron chi connectivity index (χ1n) is 5.44. The summed E-state index contributed by atoms with van der Waals surface area (Å²) in [6, 6.07) is 0. The standard InChI is InChI=1S/C11H20N2O2/c1-4-11(15-5-2)10(14)6-9-7-12-13(3)8-9/h7-8,10-11,14H,4-6H2,1-3H3. The number of aryl methyl sites for hydroxylation is 1. The Morgan fingerprint density at radius 1 is 1.53 bits per heavy atom. The smallest absolute Gasteiger partial charge is 0.0843 e. The van der Waals surface area contributed by atoms with Gasteiger partial charge in [-0.15, -0.1) is 0 Å². The summed E-state index contributed by atoms with van der Waals surface area (Å²) in [6.45, 7) is 4.61. The van der Waals surface area contributed by atoms with E-state index in [0.29, 0.717) is 13.0 Å². The number of ether oxygens (including phenoxy) is 1. The predicted molar refractivity (Wildman–Crippen MR) is 58.6 cm³/mol. The van der Waals surface area contributed by atoms with E-state index in [1.807, 2.05) is 27.1 Å². The number of hydrogen-bond donors (Lipinski definition) is 1. The van der Waals surface area contributed by atoms with Crippen molar-refractivity contribution in [1.29, 1.82) is 0 Å². The highest BCUT2D eigenvalue weighted by Crippen LogP contribution is 2.10. The van der Waals surface area contributed by atoms with Gasteiger partial charge in [-0.1, -0.05) is 6.92 Å². The van der Waals surface area contributed by atoms with Gasteiger partial charge in [0.1, 0.15) is 0 Å². The van der Waals surface area contributed by atoms with E-state index < -0.39 is 6.10 Å². The molecule has 4 nitrogen and oxygen atoms in total. The van der Waals surface area contributed by atoms with E-state index in [1.165, 1.54) is 0 Å². The Morgan fingerprint density at radius 2 is 2.27 bits per heavy atom. The number of aromatic nitrogens is 2. The van der Waals surface area contributed by atoms with Crippen LogP contribution in [0.4, 0.5) is 0 Å². The Bertz CT molecular complexity index is 286. The molecule has 0 saturated heterocycles. The van der Waals surface area contributed by atoms with E-state index in [-0.39, 0.29) is 6.10 Å². The van der Waals surface area contributed by atoms with Crippen LogP contribution >= 0.6 is 0 Å². The monoisotopic (exact) mass is 212 g/mol. The van der Waals surface area contributed by atoms with Gasteiger partial charge in [-0.2, -0.15) is 5.10 Å². The lowest BCUT2D eigenvalue weighted by Gasteiger charge is -2.20. The topological polar surface area (TPSA) is 47.3 Å². The molecule has 0 bridgehead atoms. The summed E-state index contributed by atoms with van der Waals surface area (Å²) in [5.74, 6) is 0. The number of rotatable bonds is 6. The average Bonchev–Trinajstić information content (AvgIpc) is 2.60. The van der Waals surface area contributed by atoms with E-state index in [9.17, 15) is 5.11 Å². The zero-order valence-corrected chi connectivity index (χ0v) is 9.68. The predicted octanol–water partition coefficient (Wildman–Crippen LogP) is 1.14. The van der Waals surface area contributed by atoms with Crippen LogP contribution in [0.25, 0.3) is 0 Å². The molecule has 2 unspecified atom stereocenters. The minimum Gasteiger partial charge on any atom is -0.390 e. The van der Waals surface area contributed by atoms with Crippen molar-refractivity contribution in [3.8, 4) is 0 Å². The number of aliphatic hydroxyl groups excluding tert-OH is 1. The van der Waals surface area contributed by atoms with Crippen molar-refractivity contribution in [2.24, 2.45) is 7.05 Å². The molecule has 0 spiro atoms. The second-order valence-corrected chi connectivity index (χ2v) is 3.70. The number of nitrogens with zero attached hydrogens (tertiary/aromatic N) is 2.